The van der Waals surface area contributed by atoms with E-state index in [0.29, 0.717) is 22.7 Å². The predicted octanol–water partition coefficient (Wildman–Crippen LogP) is 3.57. The molecule has 166 valence electrons. The number of ether oxygens (including phenoxy) is 1. The molecule has 0 saturated heterocycles. The molecule has 0 aliphatic carbocycles. The third-order valence-corrected chi connectivity index (χ3v) is 6.38. The first kappa shape index (κ1) is 23.0. The smallest absolute Gasteiger partial charge is 0.264 e. The van der Waals surface area contributed by atoms with E-state index in [1.807, 2.05) is 0 Å². The number of amides is 1. The standard InChI is InChI=1S/C23H22FN3O4S/c1-17(18-8-10-19(24)11-9-18)25-26-23(28)16-27(20-12-14-21(31-2)15-13-20)32(29,30)22-6-4-3-5-7-22/h3-15H,16H2,1-2H3,(H,26,28)/b25-17-. The Morgan fingerprint density at radius 3 is 2.22 bits per heavy atom. The molecule has 1 N–H and O–H groups in total. The molecule has 7 nitrogen and oxygen atoms in total. The number of nitrogens with zero attached hydrogens (tertiary/aromatic N) is 2. The number of carbonyl (C=O) groups excluding carboxylic acids is 1. The number of hydrogen-bond acceptors (Lipinski definition) is 5. The average molecular weight is 456 g/mol. The van der Waals surface area contributed by atoms with Crippen molar-refractivity contribution in [3.8, 4) is 5.75 Å². The van der Waals surface area contributed by atoms with Crippen LogP contribution in [0.25, 0.3) is 0 Å². The van der Waals surface area contributed by atoms with Crippen LogP contribution in [0.2, 0.25) is 0 Å². The van der Waals surface area contributed by atoms with Crippen LogP contribution >= 0.6 is 0 Å². The number of hydrazone groups is 1. The number of sulfonamides is 1. The Hall–Kier alpha value is -3.72. The maximum absolute atomic E-state index is 13.3. The van der Waals surface area contributed by atoms with Crippen LogP contribution < -0.4 is 14.5 Å². The summed E-state index contributed by atoms with van der Waals surface area (Å²) in [6.45, 7) is 1.15. The fourth-order valence-corrected chi connectivity index (χ4v) is 4.29. The summed E-state index contributed by atoms with van der Waals surface area (Å²) in [4.78, 5) is 12.7. The Labute approximate surface area is 186 Å². The van der Waals surface area contributed by atoms with E-state index >= 15 is 0 Å². The molecule has 0 fully saturated rings. The SMILES string of the molecule is COc1ccc(N(CC(=O)N/N=C(/C)c2ccc(F)cc2)S(=O)(=O)c2ccccc2)cc1. The van der Waals surface area contributed by atoms with Crippen LogP contribution in [0.3, 0.4) is 0 Å². The molecule has 3 aromatic carbocycles. The van der Waals surface area contributed by atoms with Gasteiger partial charge in [0.1, 0.15) is 18.1 Å². The van der Waals surface area contributed by atoms with Crippen molar-refractivity contribution in [2.45, 2.75) is 11.8 Å². The van der Waals surface area contributed by atoms with E-state index in [1.54, 1.807) is 49.4 Å². The van der Waals surface area contributed by atoms with Gasteiger partial charge in [0, 0.05) is 0 Å². The fraction of sp³-hybridized carbons (Fsp3) is 0.130. The van der Waals surface area contributed by atoms with Crippen LogP contribution in [-0.4, -0.2) is 33.7 Å². The zero-order valence-corrected chi connectivity index (χ0v) is 18.3. The van der Waals surface area contributed by atoms with Crippen molar-refractivity contribution in [3.05, 3.63) is 90.2 Å². The Morgan fingerprint density at radius 1 is 1.00 bits per heavy atom. The van der Waals surface area contributed by atoms with Crippen LogP contribution in [0.15, 0.2) is 88.9 Å². The second-order valence-electron chi connectivity index (χ2n) is 6.76. The molecule has 0 radical (unpaired) electrons. The molecule has 0 aromatic heterocycles. The second kappa shape index (κ2) is 10.1. The quantitative estimate of drug-likeness (QED) is 0.416. The molecular formula is C23H22FN3O4S. The lowest BCUT2D eigenvalue weighted by Crippen LogP contribution is -2.39. The number of rotatable bonds is 8. The number of benzene rings is 3. The summed E-state index contributed by atoms with van der Waals surface area (Å²) in [6.07, 6.45) is 0. The summed E-state index contributed by atoms with van der Waals surface area (Å²) >= 11 is 0. The summed E-state index contributed by atoms with van der Waals surface area (Å²) in [5.41, 5.74) is 3.73. The van der Waals surface area contributed by atoms with Crippen LogP contribution in [0.5, 0.6) is 5.75 Å². The highest BCUT2D eigenvalue weighted by Gasteiger charge is 2.27. The summed E-state index contributed by atoms with van der Waals surface area (Å²) in [5.74, 6) is -0.469. The van der Waals surface area contributed by atoms with E-state index < -0.39 is 22.5 Å². The molecule has 0 unspecified atom stereocenters. The third-order valence-electron chi connectivity index (χ3n) is 4.59. The van der Waals surface area contributed by atoms with Gasteiger partial charge in [0.15, 0.2) is 0 Å². The first-order valence-electron chi connectivity index (χ1n) is 9.62. The Kier molecular flexibility index (Phi) is 7.21. The number of anilines is 1. The molecule has 0 bridgehead atoms. The van der Waals surface area contributed by atoms with Crippen molar-refractivity contribution in [2.24, 2.45) is 5.10 Å². The van der Waals surface area contributed by atoms with E-state index in [4.69, 9.17) is 4.74 Å². The van der Waals surface area contributed by atoms with E-state index in [9.17, 15) is 17.6 Å². The molecule has 32 heavy (non-hydrogen) atoms. The van der Waals surface area contributed by atoms with Gasteiger partial charge < -0.3 is 4.74 Å². The highest BCUT2D eigenvalue weighted by molar-refractivity contribution is 7.92. The zero-order valence-electron chi connectivity index (χ0n) is 17.5. The summed E-state index contributed by atoms with van der Waals surface area (Å²) < 4.78 is 45.7. The van der Waals surface area contributed by atoms with Gasteiger partial charge in [-0.1, -0.05) is 30.3 Å². The van der Waals surface area contributed by atoms with Crippen molar-refractivity contribution in [3.63, 3.8) is 0 Å². The Morgan fingerprint density at radius 2 is 1.62 bits per heavy atom. The van der Waals surface area contributed by atoms with Crippen LogP contribution in [0.1, 0.15) is 12.5 Å². The van der Waals surface area contributed by atoms with Gasteiger partial charge in [-0.25, -0.2) is 18.2 Å². The zero-order chi connectivity index (χ0) is 23.1. The maximum Gasteiger partial charge on any atom is 0.264 e. The highest BCUT2D eigenvalue weighted by Crippen LogP contribution is 2.25. The predicted molar refractivity (Wildman–Crippen MR) is 121 cm³/mol. The summed E-state index contributed by atoms with van der Waals surface area (Å²) in [7, 11) is -2.52. The Balaban J connectivity index is 1.85. The minimum absolute atomic E-state index is 0.0506. The molecule has 3 rings (SSSR count). The normalized spacial score (nSPS) is 11.7. The minimum atomic E-state index is -4.02. The molecule has 3 aromatic rings. The average Bonchev–Trinajstić information content (AvgIpc) is 2.82. The van der Waals surface area contributed by atoms with Gasteiger partial charge in [0.25, 0.3) is 15.9 Å². The summed E-state index contributed by atoms with van der Waals surface area (Å²) in [6, 6.07) is 19.8. The molecule has 0 spiro atoms. The molecule has 0 saturated carbocycles. The van der Waals surface area contributed by atoms with E-state index in [-0.39, 0.29) is 10.7 Å². The minimum Gasteiger partial charge on any atom is -0.497 e. The largest absolute Gasteiger partial charge is 0.497 e. The molecule has 0 aliphatic rings. The van der Waals surface area contributed by atoms with E-state index in [0.717, 1.165) is 4.31 Å². The number of methoxy groups -OCH3 is 1. The molecule has 0 atom stereocenters. The summed E-state index contributed by atoms with van der Waals surface area (Å²) in [5, 5.41) is 4.01. The fourth-order valence-electron chi connectivity index (χ4n) is 2.85. The van der Waals surface area contributed by atoms with Crippen molar-refractivity contribution in [1.82, 2.24) is 5.43 Å². The monoisotopic (exact) mass is 455 g/mol. The van der Waals surface area contributed by atoms with Gasteiger partial charge in [-0.3, -0.25) is 9.10 Å². The van der Waals surface area contributed by atoms with Gasteiger partial charge >= 0.3 is 0 Å². The highest BCUT2D eigenvalue weighted by atomic mass is 32.2. The number of halogens is 1. The first-order valence-corrected chi connectivity index (χ1v) is 11.1. The third kappa shape index (κ3) is 5.50. The number of hydrogen-bond donors (Lipinski definition) is 1. The lowest BCUT2D eigenvalue weighted by molar-refractivity contribution is -0.119. The van der Waals surface area contributed by atoms with Crippen LogP contribution in [0, 0.1) is 5.82 Å². The van der Waals surface area contributed by atoms with Gasteiger partial charge in [-0.2, -0.15) is 5.10 Å². The lowest BCUT2D eigenvalue weighted by Gasteiger charge is -2.24. The second-order valence-corrected chi connectivity index (χ2v) is 8.62. The number of carbonyl (C=O) groups is 1. The van der Waals surface area contributed by atoms with Gasteiger partial charge in [-0.05, 0) is 61.0 Å². The van der Waals surface area contributed by atoms with Gasteiger partial charge in [-0.15, -0.1) is 0 Å². The van der Waals surface area contributed by atoms with Gasteiger partial charge in [0.2, 0.25) is 0 Å². The molecular weight excluding hydrogens is 433 g/mol. The lowest BCUT2D eigenvalue weighted by atomic mass is 10.1. The van der Waals surface area contributed by atoms with Gasteiger partial charge in [0.05, 0.1) is 23.4 Å². The van der Waals surface area contributed by atoms with Crippen molar-refractivity contribution < 1.29 is 22.3 Å². The van der Waals surface area contributed by atoms with E-state index in [1.165, 1.54) is 43.5 Å². The maximum atomic E-state index is 13.3. The molecule has 0 heterocycles. The number of nitrogens with one attached hydrogen (secondary N) is 1. The Bertz CT molecular complexity index is 1200. The topological polar surface area (TPSA) is 88.1 Å². The first-order chi connectivity index (χ1) is 15.3. The van der Waals surface area contributed by atoms with Crippen molar-refractivity contribution in [2.75, 3.05) is 18.0 Å². The molecule has 1 amide bonds. The van der Waals surface area contributed by atoms with Crippen LogP contribution in [0.4, 0.5) is 10.1 Å². The van der Waals surface area contributed by atoms with Crippen molar-refractivity contribution in [1.29, 1.82) is 0 Å². The van der Waals surface area contributed by atoms with E-state index in [2.05, 4.69) is 10.5 Å². The van der Waals surface area contributed by atoms with Crippen LogP contribution in [-0.2, 0) is 14.8 Å². The van der Waals surface area contributed by atoms with Crippen molar-refractivity contribution >= 4 is 27.3 Å². The molecule has 9 heteroatoms. The molecule has 0 aliphatic heterocycles.